The molecule has 0 atom stereocenters. The molecule has 1 amide bonds. The van der Waals surface area contributed by atoms with Crippen LogP contribution in [0.2, 0.25) is 0 Å². The molecule has 0 radical (unpaired) electrons. The van der Waals surface area contributed by atoms with Crippen LogP contribution < -0.4 is 10.2 Å². The smallest absolute Gasteiger partial charge is 0.293 e. The molecule has 3 rings (SSSR count). The van der Waals surface area contributed by atoms with Gasteiger partial charge < -0.3 is 10.2 Å². The summed E-state index contributed by atoms with van der Waals surface area (Å²) in [5.74, 6) is -0.232. The second kappa shape index (κ2) is 7.79. The largest absolute Gasteiger partial charge is 0.346 e. The maximum atomic E-state index is 12.4. The minimum absolute atomic E-state index is 0.0740. The van der Waals surface area contributed by atoms with E-state index < -0.39 is 4.92 Å². The van der Waals surface area contributed by atoms with Gasteiger partial charge in [-0.05, 0) is 25.0 Å². The van der Waals surface area contributed by atoms with Gasteiger partial charge in [0.15, 0.2) is 5.13 Å². The second-order valence-electron chi connectivity index (χ2n) is 6.28. The number of piperazine rings is 1. The van der Waals surface area contributed by atoms with E-state index in [1.807, 2.05) is 12.3 Å². The number of hydrogen-bond donors (Lipinski definition) is 1. The molecule has 2 heterocycles. The summed E-state index contributed by atoms with van der Waals surface area (Å²) >= 11 is 1.61. The normalized spacial score (nSPS) is 15.1. The number of nitro benzene ring substituents is 1. The molecule has 0 bridgehead atoms. The highest BCUT2D eigenvalue weighted by Gasteiger charge is 2.23. The summed E-state index contributed by atoms with van der Waals surface area (Å²) < 4.78 is 0. The highest BCUT2D eigenvalue weighted by Crippen LogP contribution is 2.30. The van der Waals surface area contributed by atoms with E-state index in [0.29, 0.717) is 5.69 Å². The lowest BCUT2D eigenvalue weighted by atomic mass is 10.1. The predicted octanol–water partition coefficient (Wildman–Crippen LogP) is 2.43. The molecular formula is C17H21N5O3S. The summed E-state index contributed by atoms with van der Waals surface area (Å²) in [4.78, 5) is 31.8. The first-order valence-corrected chi connectivity index (χ1v) is 9.25. The first-order valence-electron chi connectivity index (χ1n) is 8.37. The summed E-state index contributed by atoms with van der Waals surface area (Å²) in [6.07, 6.45) is 1.79. The van der Waals surface area contributed by atoms with Gasteiger partial charge in [-0.2, -0.15) is 0 Å². The van der Waals surface area contributed by atoms with Gasteiger partial charge in [0.05, 0.1) is 11.5 Å². The molecule has 9 heteroatoms. The first-order chi connectivity index (χ1) is 12.5. The fourth-order valence-electron chi connectivity index (χ4n) is 2.96. The van der Waals surface area contributed by atoms with Gasteiger partial charge >= 0.3 is 0 Å². The molecule has 1 aromatic carbocycles. The predicted molar refractivity (Wildman–Crippen MR) is 102 cm³/mol. The second-order valence-corrected chi connectivity index (χ2v) is 7.16. The molecule has 26 heavy (non-hydrogen) atoms. The van der Waals surface area contributed by atoms with Crippen LogP contribution in [0, 0.1) is 24.0 Å². The van der Waals surface area contributed by atoms with Crippen molar-refractivity contribution in [3.05, 3.63) is 45.0 Å². The van der Waals surface area contributed by atoms with Crippen molar-refractivity contribution in [3.8, 4) is 0 Å². The topological polar surface area (TPSA) is 91.6 Å². The van der Waals surface area contributed by atoms with E-state index in [9.17, 15) is 14.9 Å². The zero-order valence-corrected chi connectivity index (χ0v) is 15.6. The summed E-state index contributed by atoms with van der Waals surface area (Å²) in [6.45, 7) is 6.99. The van der Waals surface area contributed by atoms with E-state index in [1.54, 1.807) is 30.5 Å². The Labute approximate surface area is 155 Å². The Kier molecular flexibility index (Phi) is 5.48. The Morgan fingerprint density at radius 1 is 1.31 bits per heavy atom. The van der Waals surface area contributed by atoms with Crippen molar-refractivity contribution in [1.82, 2.24) is 9.88 Å². The third-order valence-corrected chi connectivity index (χ3v) is 5.44. The highest BCUT2D eigenvalue weighted by molar-refractivity contribution is 7.13. The van der Waals surface area contributed by atoms with Crippen LogP contribution in [0.25, 0.3) is 0 Å². The summed E-state index contributed by atoms with van der Waals surface area (Å²) in [6, 6.07) is 3.13. The van der Waals surface area contributed by atoms with E-state index in [2.05, 4.69) is 20.1 Å². The van der Waals surface area contributed by atoms with Crippen molar-refractivity contribution >= 4 is 33.8 Å². The molecule has 1 aromatic heterocycles. The van der Waals surface area contributed by atoms with Crippen molar-refractivity contribution in [2.45, 2.75) is 13.8 Å². The van der Waals surface area contributed by atoms with Gasteiger partial charge in [-0.3, -0.25) is 19.8 Å². The molecule has 2 aromatic rings. The molecule has 0 saturated carbocycles. The number of hydrogen-bond acceptors (Lipinski definition) is 7. The number of benzene rings is 1. The van der Waals surface area contributed by atoms with E-state index in [-0.39, 0.29) is 18.1 Å². The number of aryl methyl sites for hydroxylation is 1. The van der Waals surface area contributed by atoms with Crippen molar-refractivity contribution in [2.24, 2.45) is 0 Å². The molecule has 1 aliphatic heterocycles. The molecule has 0 spiro atoms. The molecule has 138 valence electrons. The van der Waals surface area contributed by atoms with E-state index in [4.69, 9.17) is 0 Å². The van der Waals surface area contributed by atoms with Gasteiger partial charge in [0.1, 0.15) is 5.69 Å². The summed E-state index contributed by atoms with van der Waals surface area (Å²) in [5, 5.41) is 16.9. The Balaban J connectivity index is 1.60. The van der Waals surface area contributed by atoms with E-state index in [0.717, 1.165) is 42.4 Å². The van der Waals surface area contributed by atoms with Crippen LogP contribution in [0.1, 0.15) is 11.1 Å². The average Bonchev–Trinajstić information content (AvgIpc) is 3.14. The molecule has 1 fully saturated rings. The zero-order valence-electron chi connectivity index (χ0n) is 14.8. The van der Waals surface area contributed by atoms with Gasteiger partial charge in [-0.25, -0.2) is 4.98 Å². The fraction of sp³-hybridized carbons (Fsp3) is 0.412. The lowest BCUT2D eigenvalue weighted by molar-refractivity contribution is -0.384. The number of nitrogens with one attached hydrogen (secondary N) is 1. The van der Waals surface area contributed by atoms with Crippen LogP contribution in [-0.4, -0.2) is 53.4 Å². The Morgan fingerprint density at radius 2 is 2.04 bits per heavy atom. The first kappa shape index (κ1) is 18.3. The number of carbonyl (C=O) groups is 1. The highest BCUT2D eigenvalue weighted by atomic mass is 32.1. The van der Waals surface area contributed by atoms with Crippen LogP contribution in [0.3, 0.4) is 0 Å². The van der Waals surface area contributed by atoms with Crippen LogP contribution in [0.5, 0.6) is 0 Å². The zero-order chi connectivity index (χ0) is 18.7. The van der Waals surface area contributed by atoms with Gasteiger partial charge in [0.25, 0.3) is 5.69 Å². The number of amides is 1. The summed E-state index contributed by atoms with van der Waals surface area (Å²) in [5.41, 5.74) is 1.85. The molecule has 1 saturated heterocycles. The summed E-state index contributed by atoms with van der Waals surface area (Å²) in [7, 11) is 0. The number of rotatable bonds is 5. The lowest BCUT2D eigenvalue weighted by Crippen LogP contribution is -2.48. The number of thiazole rings is 1. The maximum absolute atomic E-state index is 12.4. The van der Waals surface area contributed by atoms with Gasteiger partial charge in [0, 0.05) is 43.8 Å². The van der Waals surface area contributed by atoms with Crippen LogP contribution >= 0.6 is 11.3 Å². The van der Waals surface area contributed by atoms with Gasteiger partial charge in [0.2, 0.25) is 5.91 Å². The molecular weight excluding hydrogens is 354 g/mol. The van der Waals surface area contributed by atoms with Gasteiger partial charge in [-0.1, -0.05) is 6.07 Å². The third kappa shape index (κ3) is 4.00. The molecule has 1 aliphatic rings. The number of nitro groups is 1. The average molecular weight is 375 g/mol. The Bertz CT molecular complexity index is 801. The minimum Gasteiger partial charge on any atom is -0.346 e. The van der Waals surface area contributed by atoms with Crippen LogP contribution in [-0.2, 0) is 4.79 Å². The minimum atomic E-state index is -0.463. The SMILES string of the molecule is Cc1ccc([N+](=O)[O-])c(NC(=O)CN2CCN(c3nccs3)CC2)c1C. The quantitative estimate of drug-likeness (QED) is 0.637. The number of carbonyl (C=O) groups excluding carboxylic acids is 1. The van der Waals surface area contributed by atoms with Gasteiger partial charge in [-0.15, -0.1) is 11.3 Å². The van der Waals surface area contributed by atoms with Crippen molar-refractivity contribution in [3.63, 3.8) is 0 Å². The molecule has 8 nitrogen and oxygen atoms in total. The van der Waals surface area contributed by atoms with Crippen molar-refractivity contribution < 1.29 is 9.72 Å². The van der Waals surface area contributed by atoms with E-state index in [1.165, 1.54) is 6.07 Å². The molecule has 0 aliphatic carbocycles. The van der Waals surface area contributed by atoms with Crippen molar-refractivity contribution in [2.75, 3.05) is 42.9 Å². The lowest BCUT2D eigenvalue weighted by Gasteiger charge is -2.34. The van der Waals surface area contributed by atoms with E-state index >= 15 is 0 Å². The number of nitrogens with zero attached hydrogens (tertiary/aromatic N) is 4. The Morgan fingerprint density at radius 3 is 2.65 bits per heavy atom. The standard InChI is InChI=1S/C17H21N5O3S/c1-12-3-4-14(22(24)25)16(13(12)2)19-15(23)11-20-6-8-21(9-7-20)17-18-5-10-26-17/h3-5,10H,6-9,11H2,1-2H3,(H,19,23). The maximum Gasteiger partial charge on any atom is 0.293 e. The van der Waals surface area contributed by atoms with Crippen LogP contribution in [0.15, 0.2) is 23.7 Å². The molecule has 0 unspecified atom stereocenters. The Hall–Kier alpha value is -2.52. The van der Waals surface area contributed by atoms with Crippen LogP contribution in [0.4, 0.5) is 16.5 Å². The monoisotopic (exact) mass is 375 g/mol. The van der Waals surface area contributed by atoms with Crippen molar-refractivity contribution in [1.29, 1.82) is 0 Å². The number of anilines is 2. The third-order valence-electron chi connectivity index (χ3n) is 4.60. The number of aromatic nitrogens is 1. The fourth-order valence-corrected chi connectivity index (χ4v) is 3.66. The molecule has 1 N–H and O–H groups in total.